The number of rotatable bonds is 23. The van der Waals surface area contributed by atoms with Gasteiger partial charge in [0.1, 0.15) is 49.5 Å². The van der Waals surface area contributed by atoms with Gasteiger partial charge in [-0.05, 0) is 151 Å². The van der Waals surface area contributed by atoms with E-state index in [-0.39, 0.29) is 134 Å². The molecule has 13 N–H and O–H groups in total. The molecule has 0 aliphatic rings. The molecule has 0 atom stereocenters. The topological polar surface area (TPSA) is 479 Å². The Bertz CT molecular complexity index is 4460. The summed E-state index contributed by atoms with van der Waals surface area (Å²) in [5, 5.41) is 98.8. The lowest BCUT2D eigenvalue weighted by molar-refractivity contribution is -0.254. The lowest BCUT2D eigenvalue weighted by atomic mass is 10.0. The summed E-state index contributed by atoms with van der Waals surface area (Å²) < 4.78 is 70.5. The number of aromatic nitrogens is 6. The molecule has 9 rings (SSSR count). The van der Waals surface area contributed by atoms with Crippen LogP contribution in [0, 0.1) is 27.7 Å². The van der Waals surface area contributed by atoms with E-state index in [2.05, 4.69) is 91.2 Å². The Morgan fingerprint density at radius 2 is 0.839 bits per heavy atom. The minimum atomic E-state index is -4.86. The fourth-order valence-electron chi connectivity index (χ4n) is 9.03. The third-order valence-electron chi connectivity index (χ3n) is 12.6. The summed E-state index contributed by atoms with van der Waals surface area (Å²) >= 11 is 0. The number of aromatic hydroxyl groups is 2. The van der Waals surface area contributed by atoms with Crippen LogP contribution in [0.25, 0.3) is 21.5 Å². The standard InChI is InChI=1S/C53H48N14O18S2/c1-24-7-32-15-37(86(76,77)78)18-41(43(32)47(68)45(24)66-64-35-11-28(20-82-72)9-29(12-35)21-83-73)60-52-56-26(3)54-50(62-52)58-34-5-6-40(39(17-34)49(70)71)59-51-55-27(4)57-53(63-51)61-42-19-38(87(79,80)81)16-33-8-25(2)46(48(69)44(33)42)67-65-36-13-30(22-84-74)10-31(14-36)23-85-75/h5-19,68-69,72-75H,20-23H2,1-4H3,(H,70,71)(H,76,77,78)(H,79,80,81)(H2,54,56,58,60,62)(H2,55,57,59,61,63). The number of hydrogen-bond acceptors (Lipinski definition) is 29. The van der Waals surface area contributed by atoms with Gasteiger partial charge in [-0.3, -0.25) is 30.1 Å². The van der Waals surface area contributed by atoms with Crippen molar-refractivity contribution in [3.63, 3.8) is 0 Å². The number of fused-ring (bicyclic) bond motifs is 2. The van der Waals surface area contributed by atoms with Gasteiger partial charge in [-0.25, -0.2) is 24.3 Å². The van der Waals surface area contributed by atoms with Crippen LogP contribution in [0.15, 0.2) is 121 Å². The number of carboxylic acids is 1. The van der Waals surface area contributed by atoms with Crippen molar-refractivity contribution in [2.75, 3.05) is 21.3 Å². The molecule has 2 heterocycles. The van der Waals surface area contributed by atoms with Crippen LogP contribution in [0.4, 0.5) is 69.3 Å². The van der Waals surface area contributed by atoms with Crippen LogP contribution in [0.2, 0.25) is 0 Å². The van der Waals surface area contributed by atoms with Crippen molar-refractivity contribution < 1.29 is 86.6 Å². The Hall–Kier alpha value is -9.95. The number of carboxylic acid groups (broad SMARTS) is 1. The molecule has 0 radical (unpaired) electrons. The van der Waals surface area contributed by atoms with Crippen molar-refractivity contribution in [2.45, 2.75) is 63.9 Å². The van der Waals surface area contributed by atoms with E-state index in [4.69, 9.17) is 21.0 Å². The van der Waals surface area contributed by atoms with E-state index in [0.29, 0.717) is 33.4 Å². The van der Waals surface area contributed by atoms with Gasteiger partial charge in [0.05, 0.1) is 43.8 Å². The molecule has 34 heteroatoms. The number of azo groups is 2. The predicted molar refractivity (Wildman–Crippen MR) is 307 cm³/mol. The maximum absolute atomic E-state index is 12.9. The fourth-order valence-corrected chi connectivity index (χ4v) is 10.1. The van der Waals surface area contributed by atoms with Crippen molar-refractivity contribution >= 4 is 117 Å². The van der Waals surface area contributed by atoms with Crippen LogP contribution in [0.5, 0.6) is 11.5 Å². The molecule has 0 saturated heterocycles. The molecule has 0 aliphatic carbocycles. The van der Waals surface area contributed by atoms with Crippen LogP contribution >= 0.6 is 0 Å². The monoisotopic (exact) mass is 1230 g/mol. The van der Waals surface area contributed by atoms with Crippen LogP contribution in [-0.4, -0.2) is 98.2 Å². The van der Waals surface area contributed by atoms with Crippen LogP contribution in [-0.2, 0) is 66.2 Å². The second kappa shape index (κ2) is 25.7. The maximum atomic E-state index is 12.9. The van der Waals surface area contributed by atoms with Gasteiger partial charge in [0.25, 0.3) is 20.2 Å². The molecule has 450 valence electrons. The lowest BCUT2D eigenvalue weighted by Gasteiger charge is -2.16. The number of aromatic carboxylic acids is 1. The summed E-state index contributed by atoms with van der Waals surface area (Å²) in [4.78, 5) is 54.7. The average Bonchev–Trinajstić information content (AvgIpc) is 3.54. The van der Waals surface area contributed by atoms with Gasteiger partial charge in [-0.1, -0.05) is 12.1 Å². The molecule has 32 nitrogen and oxygen atoms in total. The summed E-state index contributed by atoms with van der Waals surface area (Å²) in [5.74, 6) is -3.09. The minimum absolute atomic E-state index is 0.0120. The molecule has 0 saturated carbocycles. The molecule has 0 aliphatic heterocycles. The average molecular weight is 1230 g/mol. The Morgan fingerprint density at radius 3 is 1.20 bits per heavy atom. The van der Waals surface area contributed by atoms with Crippen molar-refractivity contribution in [1.29, 1.82) is 0 Å². The molecule has 0 spiro atoms. The van der Waals surface area contributed by atoms with Crippen molar-refractivity contribution in [2.24, 2.45) is 20.5 Å². The lowest BCUT2D eigenvalue weighted by Crippen LogP contribution is -2.10. The highest BCUT2D eigenvalue weighted by molar-refractivity contribution is 7.86. The second-order valence-corrected chi connectivity index (χ2v) is 21.8. The van der Waals surface area contributed by atoms with E-state index in [1.54, 1.807) is 26.0 Å². The number of phenols is 2. The highest BCUT2D eigenvalue weighted by atomic mass is 32.2. The zero-order chi connectivity index (χ0) is 62.5. The number of nitrogens with zero attached hydrogens (tertiary/aromatic N) is 10. The highest BCUT2D eigenvalue weighted by Gasteiger charge is 2.24. The smallest absolute Gasteiger partial charge is 0.337 e. The second-order valence-electron chi connectivity index (χ2n) is 19.0. The first kappa shape index (κ1) is 61.6. The molecule has 87 heavy (non-hydrogen) atoms. The highest BCUT2D eigenvalue weighted by Crippen LogP contribution is 2.46. The minimum Gasteiger partial charge on any atom is -0.505 e. The molecular formula is C53H48N14O18S2. The zero-order valence-corrected chi connectivity index (χ0v) is 47.1. The summed E-state index contributed by atoms with van der Waals surface area (Å²) in [5.41, 5.74) is 2.11. The third-order valence-corrected chi connectivity index (χ3v) is 14.2. The quantitative estimate of drug-likeness (QED) is 0.0122. The van der Waals surface area contributed by atoms with Gasteiger partial charge >= 0.3 is 5.97 Å². The van der Waals surface area contributed by atoms with E-state index >= 15 is 0 Å². The van der Waals surface area contributed by atoms with Gasteiger partial charge in [-0.15, -0.1) is 10.2 Å². The Balaban J connectivity index is 1.00. The number of benzene rings is 7. The Labute approximate surface area is 490 Å². The summed E-state index contributed by atoms with van der Waals surface area (Å²) in [6.07, 6.45) is 0. The number of phenolic OH excluding ortho intramolecular Hbond substituents is 2. The molecular weight excluding hydrogens is 1180 g/mol. The number of nitrogens with one attached hydrogen (secondary N) is 4. The SMILES string of the molecule is Cc1nc(Nc2ccc(Nc3nc(C)nc(Nc4cc(S(=O)(=O)O)cc5cc(C)c(N=Nc6cc(COO)cc(COO)c6)c(O)c45)n3)c(C(=O)O)c2)nc(Nc2cc(S(=O)(=O)O)cc3cc(C)c(N=Nc4cc(COO)cc(COO)c4)c(O)c23)n1. The molecule has 2 aromatic heterocycles. The first-order valence-electron chi connectivity index (χ1n) is 25.0. The fraction of sp³-hybridized carbons (Fsp3) is 0.151. The first-order valence-corrected chi connectivity index (χ1v) is 27.9. The Morgan fingerprint density at radius 1 is 0.471 bits per heavy atom. The van der Waals surface area contributed by atoms with E-state index < -0.39 is 47.5 Å². The molecule has 0 bridgehead atoms. The largest absolute Gasteiger partial charge is 0.505 e. The third kappa shape index (κ3) is 14.6. The predicted octanol–water partition coefficient (Wildman–Crippen LogP) is 11.0. The summed E-state index contributed by atoms with van der Waals surface area (Å²) in [6, 6.07) is 20.4. The number of hydrogen-bond donors (Lipinski definition) is 13. The number of aryl methyl sites for hydroxylation is 4. The van der Waals surface area contributed by atoms with Gasteiger partial charge in [0, 0.05) is 16.5 Å². The molecule has 0 amide bonds. The van der Waals surface area contributed by atoms with Crippen molar-refractivity contribution in [3.8, 4) is 11.5 Å². The summed E-state index contributed by atoms with van der Waals surface area (Å²) in [6.45, 7) is 5.12. The first-order chi connectivity index (χ1) is 41.4. The normalized spacial score (nSPS) is 12.0. The maximum Gasteiger partial charge on any atom is 0.337 e. The van der Waals surface area contributed by atoms with Crippen LogP contribution in [0.1, 0.15) is 55.4 Å². The number of anilines is 8. The number of carbonyl (C=O) groups is 1. The van der Waals surface area contributed by atoms with Crippen LogP contribution in [0.3, 0.4) is 0 Å². The van der Waals surface area contributed by atoms with E-state index in [0.717, 1.165) is 24.3 Å². The Kier molecular flexibility index (Phi) is 18.2. The van der Waals surface area contributed by atoms with Crippen LogP contribution < -0.4 is 21.3 Å². The van der Waals surface area contributed by atoms with E-state index in [1.807, 2.05) is 0 Å². The van der Waals surface area contributed by atoms with E-state index in [1.165, 1.54) is 68.4 Å². The van der Waals surface area contributed by atoms with Crippen molar-refractivity contribution in [1.82, 2.24) is 29.9 Å². The summed E-state index contributed by atoms with van der Waals surface area (Å²) in [7, 11) is -9.72. The van der Waals surface area contributed by atoms with Gasteiger partial charge in [0.15, 0.2) is 11.5 Å². The molecule has 0 fully saturated rings. The molecule has 0 unspecified atom stereocenters. The van der Waals surface area contributed by atoms with Gasteiger partial charge in [0.2, 0.25) is 23.8 Å². The molecule has 7 aromatic carbocycles. The van der Waals surface area contributed by atoms with Crippen molar-refractivity contribution in [3.05, 3.63) is 142 Å². The van der Waals surface area contributed by atoms with Gasteiger partial charge in [-0.2, -0.15) is 57.0 Å². The molecule has 9 aromatic rings. The van der Waals surface area contributed by atoms with E-state index in [9.17, 15) is 46.1 Å². The zero-order valence-electron chi connectivity index (χ0n) is 45.5. The van der Waals surface area contributed by atoms with Gasteiger partial charge < -0.3 is 36.6 Å².